The van der Waals surface area contributed by atoms with Gasteiger partial charge in [0.1, 0.15) is 5.76 Å². The number of carbonyl (C=O) groups is 2. The van der Waals surface area contributed by atoms with Crippen LogP contribution in [0.25, 0.3) is 0 Å². The van der Waals surface area contributed by atoms with Gasteiger partial charge in [0.15, 0.2) is 6.29 Å². The van der Waals surface area contributed by atoms with Crippen LogP contribution < -0.4 is 0 Å². The zero-order chi connectivity index (χ0) is 19.3. The number of hydrogen-bond acceptors (Lipinski definition) is 4. The summed E-state index contributed by atoms with van der Waals surface area (Å²) in [6.45, 7) is 6.22. The van der Waals surface area contributed by atoms with Gasteiger partial charge in [0.05, 0.1) is 19.9 Å². The maximum absolute atomic E-state index is 11.6. The highest BCUT2D eigenvalue weighted by Gasteiger charge is 2.24. The standard InChI is InChI=1S/C21H29NO4/c1-6-7-16-14(3)20(25-4)11-15(16)10-18-17(8-9-21(24)26-5)13(2)19(12-23)22-18/h12,22H,6-11H2,1-5H3. The number of carbonyl (C=O) groups excluding carboxylic acids is 2. The first-order chi connectivity index (χ1) is 12.5. The number of methoxy groups -OCH3 is 2. The molecule has 0 aliphatic heterocycles. The molecule has 5 heteroatoms. The topological polar surface area (TPSA) is 68.4 Å². The van der Waals surface area contributed by atoms with Gasteiger partial charge in [0.2, 0.25) is 0 Å². The molecule has 0 amide bonds. The summed E-state index contributed by atoms with van der Waals surface area (Å²) in [4.78, 5) is 26.2. The summed E-state index contributed by atoms with van der Waals surface area (Å²) < 4.78 is 10.3. The summed E-state index contributed by atoms with van der Waals surface area (Å²) in [6.07, 6.45) is 5.37. The van der Waals surface area contributed by atoms with Gasteiger partial charge in [-0.2, -0.15) is 0 Å². The van der Waals surface area contributed by atoms with Crippen molar-refractivity contribution >= 4 is 12.3 Å². The van der Waals surface area contributed by atoms with Gasteiger partial charge in [-0.1, -0.05) is 18.9 Å². The van der Waals surface area contributed by atoms with Crippen molar-refractivity contribution < 1.29 is 19.1 Å². The Labute approximate surface area is 155 Å². The average Bonchev–Trinajstić information content (AvgIpc) is 3.10. The maximum Gasteiger partial charge on any atom is 0.305 e. The Balaban J connectivity index is 2.33. The molecule has 0 unspecified atom stereocenters. The third-order valence-electron chi connectivity index (χ3n) is 5.24. The van der Waals surface area contributed by atoms with Gasteiger partial charge in [0, 0.05) is 25.0 Å². The highest BCUT2D eigenvalue weighted by Crippen LogP contribution is 2.37. The fourth-order valence-electron chi connectivity index (χ4n) is 3.75. The van der Waals surface area contributed by atoms with Gasteiger partial charge in [-0.05, 0) is 49.0 Å². The Morgan fingerprint density at radius 3 is 2.54 bits per heavy atom. The molecule has 5 nitrogen and oxygen atoms in total. The summed E-state index contributed by atoms with van der Waals surface area (Å²) in [5, 5.41) is 0. The number of aromatic amines is 1. The molecule has 1 aliphatic carbocycles. The van der Waals surface area contributed by atoms with Crippen LogP contribution in [0.4, 0.5) is 0 Å². The Bertz CT molecular complexity index is 752. The number of rotatable bonds is 9. The molecule has 26 heavy (non-hydrogen) atoms. The van der Waals surface area contributed by atoms with Gasteiger partial charge < -0.3 is 14.5 Å². The Kier molecular flexibility index (Phi) is 6.83. The molecule has 0 fully saturated rings. The Hall–Kier alpha value is -2.30. The normalized spacial score (nSPS) is 14.2. The lowest BCUT2D eigenvalue weighted by molar-refractivity contribution is -0.140. The van der Waals surface area contributed by atoms with Crippen LogP contribution >= 0.6 is 0 Å². The van der Waals surface area contributed by atoms with E-state index in [0.29, 0.717) is 18.5 Å². The molecule has 0 saturated carbocycles. The lowest BCUT2D eigenvalue weighted by atomic mass is 9.96. The van der Waals surface area contributed by atoms with Crippen molar-refractivity contribution in [3.8, 4) is 0 Å². The zero-order valence-electron chi connectivity index (χ0n) is 16.5. The number of nitrogens with one attached hydrogen (secondary N) is 1. The number of allylic oxidation sites excluding steroid dienone is 3. The van der Waals surface area contributed by atoms with Gasteiger partial charge in [-0.25, -0.2) is 0 Å². The van der Waals surface area contributed by atoms with Gasteiger partial charge >= 0.3 is 5.97 Å². The monoisotopic (exact) mass is 359 g/mol. The summed E-state index contributed by atoms with van der Waals surface area (Å²) in [5.41, 5.74) is 7.51. The quantitative estimate of drug-likeness (QED) is 0.530. The van der Waals surface area contributed by atoms with Crippen molar-refractivity contribution in [2.75, 3.05) is 14.2 Å². The van der Waals surface area contributed by atoms with Crippen molar-refractivity contribution in [2.24, 2.45) is 0 Å². The molecule has 0 radical (unpaired) electrons. The highest BCUT2D eigenvalue weighted by molar-refractivity contribution is 5.76. The Morgan fingerprint density at radius 2 is 1.96 bits per heavy atom. The maximum atomic E-state index is 11.6. The second-order valence-corrected chi connectivity index (χ2v) is 6.75. The van der Waals surface area contributed by atoms with E-state index in [9.17, 15) is 9.59 Å². The van der Waals surface area contributed by atoms with Crippen molar-refractivity contribution in [2.45, 2.75) is 59.3 Å². The predicted octanol–water partition coefficient (Wildman–Crippen LogP) is 4.20. The van der Waals surface area contributed by atoms with E-state index in [2.05, 4.69) is 18.8 Å². The van der Waals surface area contributed by atoms with E-state index in [1.165, 1.54) is 23.8 Å². The molecule has 1 heterocycles. The molecular weight excluding hydrogens is 330 g/mol. The lowest BCUT2D eigenvalue weighted by Gasteiger charge is -2.10. The minimum atomic E-state index is -0.241. The van der Waals surface area contributed by atoms with E-state index in [0.717, 1.165) is 54.5 Å². The molecule has 0 aromatic carbocycles. The number of ether oxygens (including phenoxy) is 2. The summed E-state index contributed by atoms with van der Waals surface area (Å²) in [5.74, 6) is 0.786. The van der Waals surface area contributed by atoms with Crippen LogP contribution in [0.3, 0.4) is 0 Å². The third-order valence-corrected chi connectivity index (χ3v) is 5.24. The molecule has 0 spiro atoms. The van der Waals surface area contributed by atoms with E-state index in [4.69, 9.17) is 9.47 Å². The van der Waals surface area contributed by atoms with Crippen molar-refractivity contribution in [1.82, 2.24) is 4.98 Å². The van der Waals surface area contributed by atoms with Gasteiger partial charge in [-0.3, -0.25) is 9.59 Å². The molecule has 142 valence electrons. The minimum Gasteiger partial charge on any atom is -0.500 e. The SMILES string of the molecule is CCCC1=C(Cc2[nH]c(C=O)c(C)c2CCC(=O)OC)CC(OC)=C1C. The number of esters is 1. The Morgan fingerprint density at radius 1 is 1.23 bits per heavy atom. The highest BCUT2D eigenvalue weighted by atomic mass is 16.5. The van der Waals surface area contributed by atoms with Crippen LogP contribution in [0.1, 0.15) is 66.8 Å². The first kappa shape index (κ1) is 20.0. The number of aromatic nitrogens is 1. The third kappa shape index (κ3) is 4.09. The van der Waals surface area contributed by atoms with E-state index in [1.54, 1.807) is 7.11 Å². The van der Waals surface area contributed by atoms with Gasteiger partial charge in [-0.15, -0.1) is 0 Å². The average molecular weight is 359 g/mol. The summed E-state index contributed by atoms with van der Waals surface area (Å²) in [7, 11) is 3.11. The second kappa shape index (κ2) is 8.88. The van der Waals surface area contributed by atoms with Crippen LogP contribution in [0, 0.1) is 6.92 Å². The second-order valence-electron chi connectivity index (χ2n) is 6.75. The van der Waals surface area contributed by atoms with Crippen LogP contribution in [0.5, 0.6) is 0 Å². The molecule has 2 rings (SSSR count). The van der Waals surface area contributed by atoms with Crippen molar-refractivity contribution in [3.05, 3.63) is 45.0 Å². The van der Waals surface area contributed by atoms with Crippen molar-refractivity contribution in [3.63, 3.8) is 0 Å². The smallest absolute Gasteiger partial charge is 0.305 e. The number of H-pyrrole nitrogens is 1. The molecule has 1 aromatic rings. The minimum absolute atomic E-state index is 0.241. The summed E-state index contributed by atoms with van der Waals surface area (Å²) >= 11 is 0. The lowest BCUT2D eigenvalue weighted by Crippen LogP contribution is -2.04. The molecular formula is C21H29NO4. The van der Waals surface area contributed by atoms with Crippen molar-refractivity contribution in [1.29, 1.82) is 0 Å². The fourth-order valence-corrected chi connectivity index (χ4v) is 3.75. The first-order valence-corrected chi connectivity index (χ1v) is 9.14. The van der Waals surface area contributed by atoms with Crippen LogP contribution in [0.15, 0.2) is 22.5 Å². The predicted molar refractivity (Wildman–Crippen MR) is 101 cm³/mol. The van der Waals surface area contributed by atoms with E-state index in [-0.39, 0.29) is 5.97 Å². The number of aldehydes is 1. The number of hydrogen-bond donors (Lipinski definition) is 1. The molecule has 1 aliphatic rings. The van der Waals surface area contributed by atoms with E-state index in [1.807, 2.05) is 6.92 Å². The van der Waals surface area contributed by atoms with Gasteiger partial charge in [0.25, 0.3) is 0 Å². The summed E-state index contributed by atoms with van der Waals surface area (Å²) in [6, 6.07) is 0. The molecule has 0 bridgehead atoms. The first-order valence-electron chi connectivity index (χ1n) is 9.14. The van der Waals surface area contributed by atoms with Crippen LogP contribution in [0.2, 0.25) is 0 Å². The molecule has 0 saturated heterocycles. The van der Waals surface area contributed by atoms with Crippen LogP contribution in [-0.4, -0.2) is 31.5 Å². The van der Waals surface area contributed by atoms with E-state index < -0.39 is 0 Å². The fraction of sp³-hybridized carbons (Fsp3) is 0.524. The van der Waals surface area contributed by atoms with Crippen LogP contribution in [-0.2, 0) is 27.1 Å². The van der Waals surface area contributed by atoms with E-state index >= 15 is 0 Å². The molecule has 1 aromatic heterocycles. The molecule has 0 atom stereocenters. The molecule has 1 N–H and O–H groups in total. The largest absolute Gasteiger partial charge is 0.500 e. The zero-order valence-corrected chi connectivity index (χ0v) is 16.5.